The van der Waals surface area contributed by atoms with Crippen LogP contribution < -0.4 is 14.8 Å². The van der Waals surface area contributed by atoms with Crippen LogP contribution in [0.25, 0.3) is 0 Å². The highest BCUT2D eigenvalue weighted by Crippen LogP contribution is 2.37. The summed E-state index contributed by atoms with van der Waals surface area (Å²) >= 11 is 6.20. The van der Waals surface area contributed by atoms with Gasteiger partial charge in [-0.1, -0.05) is 11.6 Å². The summed E-state index contributed by atoms with van der Waals surface area (Å²) in [6.07, 6.45) is -0.453. The van der Waals surface area contributed by atoms with Gasteiger partial charge in [-0.05, 0) is 32.9 Å². The Balaban J connectivity index is 2.65. The number of hydrogen-bond acceptors (Lipinski definition) is 5. The molecule has 0 fully saturated rings. The van der Waals surface area contributed by atoms with Crippen molar-refractivity contribution < 1.29 is 23.8 Å². The van der Waals surface area contributed by atoms with Crippen LogP contribution >= 0.6 is 11.6 Å². The molecule has 7 nitrogen and oxygen atoms in total. The number of rotatable bonds is 6. The summed E-state index contributed by atoms with van der Waals surface area (Å²) in [4.78, 5) is 25.5. The van der Waals surface area contributed by atoms with Gasteiger partial charge in [-0.3, -0.25) is 4.79 Å². The zero-order valence-electron chi connectivity index (χ0n) is 15.4. The van der Waals surface area contributed by atoms with Crippen molar-refractivity contribution in [3.05, 3.63) is 22.7 Å². The third-order valence-electron chi connectivity index (χ3n) is 3.17. The SMILES string of the molecule is COc1ccc(C(=O)NCCN(C)C(=O)OC(C)(C)C)c(Cl)c1OC. The first-order valence-electron chi connectivity index (χ1n) is 7.73. The van der Waals surface area contributed by atoms with Gasteiger partial charge >= 0.3 is 6.09 Å². The molecule has 1 aromatic carbocycles. The molecule has 2 amide bonds. The molecule has 0 spiro atoms. The topological polar surface area (TPSA) is 77.1 Å². The van der Waals surface area contributed by atoms with Gasteiger partial charge in [0.25, 0.3) is 5.91 Å². The van der Waals surface area contributed by atoms with Crippen molar-refractivity contribution in [2.75, 3.05) is 34.4 Å². The van der Waals surface area contributed by atoms with E-state index < -0.39 is 11.7 Å². The molecular weight excluding hydrogens is 348 g/mol. The largest absolute Gasteiger partial charge is 0.493 e. The van der Waals surface area contributed by atoms with E-state index in [1.165, 1.54) is 19.1 Å². The maximum absolute atomic E-state index is 12.3. The van der Waals surface area contributed by atoms with Crippen molar-refractivity contribution in [2.24, 2.45) is 0 Å². The Bertz CT molecular complexity index is 628. The van der Waals surface area contributed by atoms with Gasteiger partial charge in [0, 0.05) is 20.1 Å². The number of ether oxygens (including phenoxy) is 3. The minimum atomic E-state index is -0.568. The second-order valence-electron chi connectivity index (χ2n) is 6.32. The Morgan fingerprint density at radius 2 is 1.84 bits per heavy atom. The minimum Gasteiger partial charge on any atom is -0.493 e. The predicted octanol–water partition coefficient (Wildman–Crippen LogP) is 2.95. The van der Waals surface area contributed by atoms with Crippen LogP contribution in [-0.4, -0.2) is 56.9 Å². The standard InChI is InChI=1S/C17H25ClN2O5/c1-17(2,3)25-16(22)20(4)10-9-19-15(21)11-7-8-12(23-5)14(24-6)13(11)18/h7-8H,9-10H2,1-6H3,(H,19,21). The van der Waals surface area contributed by atoms with Gasteiger partial charge in [-0.25, -0.2) is 4.79 Å². The van der Waals surface area contributed by atoms with Crippen LogP contribution in [0.3, 0.4) is 0 Å². The lowest BCUT2D eigenvalue weighted by Gasteiger charge is -2.24. The Hall–Kier alpha value is -2.15. The average Bonchev–Trinajstić information content (AvgIpc) is 2.52. The normalized spacial score (nSPS) is 10.8. The van der Waals surface area contributed by atoms with Crippen LogP contribution in [0.1, 0.15) is 31.1 Å². The van der Waals surface area contributed by atoms with Crippen LogP contribution in [0.5, 0.6) is 11.5 Å². The fourth-order valence-corrected chi connectivity index (χ4v) is 2.25. The molecule has 0 unspecified atom stereocenters. The quantitative estimate of drug-likeness (QED) is 0.830. The van der Waals surface area contributed by atoms with Crippen molar-refractivity contribution >= 4 is 23.6 Å². The van der Waals surface area contributed by atoms with Crippen LogP contribution in [0.2, 0.25) is 5.02 Å². The summed E-state index contributed by atoms with van der Waals surface area (Å²) in [5.74, 6) is 0.361. The first-order chi connectivity index (χ1) is 11.6. The lowest BCUT2D eigenvalue weighted by molar-refractivity contribution is 0.0299. The van der Waals surface area contributed by atoms with Crippen molar-refractivity contribution in [1.29, 1.82) is 0 Å². The van der Waals surface area contributed by atoms with Gasteiger partial charge in [0.15, 0.2) is 11.5 Å². The highest BCUT2D eigenvalue weighted by molar-refractivity contribution is 6.35. The summed E-state index contributed by atoms with van der Waals surface area (Å²) in [6, 6.07) is 3.16. The summed E-state index contributed by atoms with van der Waals surface area (Å²) in [7, 11) is 4.53. The number of benzene rings is 1. The van der Waals surface area contributed by atoms with Crippen molar-refractivity contribution in [3.8, 4) is 11.5 Å². The molecule has 0 atom stereocenters. The lowest BCUT2D eigenvalue weighted by Crippen LogP contribution is -2.39. The van der Waals surface area contributed by atoms with Gasteiger partial charge in [0.2, 0.25) is 0 Å². The Kier molecular flexibility index (Phi) is 7.36. The smallest absolute Gasteiger partial charge is 0.410 e. The number of halogens is 1. The molecule has 140 valence electrons. The highest BCUT2D eigenvalue weighted by atomic mass is 35.5. The molecule has 0 bridgehead atoms. The predicted molar refractivity (Wildman–Crippen MR) is 95.8 cm³/mol. The summed E-state index contributed by atoms with van der Waals surface area (Å²) in [6.45, 7) is 5.92. The lowest BCUT2D eigenvalue weighted by atomic mass is 10.2. The summed E-state index contributed by atoms with van der Waals surface area (Å²) in [5.41, 5.74) is -0.305. The number of hydrogen-bond donors (Lipinski definition) is 1. The average molecular weight is 373 g/mol. The number of methoxy groups -OCH3 is 2. The van der Waals surface area contributed by atoms with Gasteiger partial charge in [-0.15, -0.1) is 0 Å². The van der Waals surface area contributed by atoms with E-state index in [0.29, 0.717) is 18.0 Å². The van der Waals surface area contributed by atoms with Crippen LogP contribution in [0.4, 0.5) is 4.79 Å². The number of carbonyl (C=O) groups is 2. The molecule has 0 aliphatic heterocycles. The molecule has 0 radical (unpaired) electrons. The maximum atomic E-state index is 12.3. The molecule has 0 aromatic heterocycles. The van der Waals surface area contributed by atoms with E-state index in [1.807, 2.05) is 0 Å². The monoisotopic (exact) mass is 372 g/mol. The number of carbonyl (C=O) groups excluding carboxylic acids is 2. The zero-order chi connectivity index (χ0) is 19.2. The highest BCUT2D eigenvalue weighted by Gasteiger charge is 2.20. The molecular formula is C17H25ClN2O5. The summed E-state index contributed by atoms with van der Waals surface area (Å²) < 4.78 is 15.5. The van der Waals surface area contributed by atoms with E-state index in [0.717, 1.165) is 0 Å². The first kappa shape index (κ1) is 20.9. The number of likely N-dealkylation sites (N-methyl/N-ethyl adjacent to an activating group) is 1. The van der Waals surface area contributed by atoms with E-state index in [-0.39, 0.29) is 23.0 Å². The molecule has 8 heteroatoms. The molecule has 0 saturated heterocycles. The van der Waals surface area contributed by atoms with Gasteiger partial charge < -0.3 is 24.4 Å². The van der Waals surface area contributed by atoms with Gasteiger partial charge in [-0.2, -0.15) is 0 Å². The molecule has 0 heterocycles. The Morgan fingerprint density at radius 3 is 2.36 bits per heavy atom. The van der Waals surface area contributed by atoms with E-state index in [9.17, 15) is 9.59 Å². The fraction of sp³-hybridized carbons (Fsp3) is 0.529. The number of nitrogens with zero attached hydrogens (tertiary/aromatic N) is 1. The molecule has 0 aliphatic rings. The van der Waals surface area contributed by atoms with E-state index in [1.54, 1.807) is 40.0 Å². The second-order valence-corrected chi connectivity index (χ2v) is 6.70. The second kappa shape index (κ2) is 8.80. The van der Waals surface area contributed by atoms with E-state index in [2.05, 4.69) is 5.32 Å². The van der Waals surface area contributed by atoms with Gasteiger partial charge in [0.1, 0.15) is 5.60 Å². The summed E-state index contributed by atoms with van der Waals surface area (Å²) in [5, 5.41) is 2.87. The molecule has 0 saturated carbocycles. The molecule has 1 N–H and O–H groups in total. The molecule has 25 heavy (non-hydrogen) atoms. The van der Waals surface area contributed by atoms with Crippen molar-refractivity contribution in [2.45, 2.75) is 26.4 Å². The minimum absolute atomic E-state index is 0.167. The zero-order valence-corrected chi connectivity index (χ0v) is 16.2. The van der Waals surface area contributed by atoms with Crippen molar-refractivity contribution in [3.63, 3.8) is 0 Å². The third kappa shape index (κ3) is 6.01. The van der Waals surface area contributed by atoms with E-state index >= 15 is 0 Å². The molecule has 1 aromatic rings. The van der Waals surface area contributed by atoms with E-state index in [4.69, 9.17) is 25.8 Å². The third-order valence-corrected chi connectivity index (χ3v) is 3.54. The fourth-order valence-electron chi connectivity index (χ4n) is 1.93. The van der Waals surface area contributed by atoms with Gasteiger partial charge in [0.05, 0.1) is 24.8 Å². The number of amides is 2. The number of nitrogens with one attached hydrogen (secondary N) is 1. The Labute approximate surface area is 153 Å². The first-order valence-corrected chi connectivity index (χ1v) is 8.11. The van der Waals surface area contributed by atoms with Crippen molar-refractivity contribution in [1.82, 2.24) is 10.2 Å². The maximum Gasteiger partial charge on any atom is 0.410 e. The van der Waals surface area contributed by atoms with Crippen LogP contribution in [0, 0.1) is 0 Å². The van der Waals surface area contributed by atoms with Crippen LogP contribution in [0.15, 0.2) is 12.1 Å². The Morgan fingerprint density at radius 1 is 1.20 bits per heavy atom. The molecule has 0 aliphatic carbocycles. The van der Waals surface area contributed by atoms with Crippen LogP contribution in [-0.2, 0) is 4.74 Å². The molecule has 1 rings (SSSR count).